The van der Waals surface area contributed by atoms with Crippen molar-refractivity contribution in [3.05, 3.63) is 30.9 Å². The van der Waals surface area contributed by atoms with Crippen LogP contribution in [0.25, 0.3) is 0 Å². The molecule has 162 valence electrons. The van der Waals surface area contributed by atoms with Crippen LogP contribution in [0.4, 0.5) is 22.2 Å². The van der Waals surface area contributed by atoms with E-state index < -0.39 is 0 Å². The Bertz CT molecular complexity index is 870. The first kappa shape index (κ1) is 24.4. The van der Waals surface area contributed by atoms with Crippen LogP contribution in [0.5, 0.6) is 0 Å². The highest BCUT2D eigenvalue weighted by Gasteiger charge is 2.14. The number of nitrogens with one attached hydrogen (secondary N) is 1. The van der Waals surface area contributed by atoms with Crippen molar-refractivity contribution in [3.8, 4) is 0 Å². The molecule has 0 fully saturated rings. The van der Waals surface area contributed by atoms with Crippen LogP contribution in [0.1, 0.15) is 27.2 Å². The van der Waals surface area contributed by atoms with Gasteiger partial charge in [-0.2, -0.15) is 11.8 Å². The minimum Gasteiger partial charge on any atom is -0.365 e. The molecule has 0 aliphatic rings. The molecule has 0 spiro atoms. The molecule has 1 N–H and O–H groups in total. The molecule has 1 heterocycles. The third-order valence-corrected chi connectivity index (χ3v) is 7.04. The molecule has 1 atom stereocenters. The SMILES string of the molecule is C=CCN(c1ccc(N=Nc2nnc(SCCSC)s2)c(NC(C)=O)c1)C(C)CC. The number of aromatic nitrogens is 2. The van der Waals surface area contributed by atoms with Crippen molar-refractivity contribution in [2.45, 2.75) is 37.6 Å². The zero-order chi connectivity index (χ0) is 21.9. The van der Waals surface area contributed by atoms with Crippen molar-refractivity contribution < 1.29 is 4.79 Å². The molecular weight excluding hydrogens is 436 g/mol. The molecule has 0 bridgehead atoms. The van der Waals surface area contributed by atoms with Crippen molar-refractivity contribution >= 4 is 63.0 Å². The van der Waals surface area contributed by atoms with Crippen molar-refractivity contribution in [1.29, 1.82) is 0 Å². The highest BCUT2D eigenvalue weighted by molar-refractivity contribution is 8.03. The number of nitrogens with zero attached hydrogens (tertiary/aromatic N) is 5. The fraction of sp³-hybridized carbons (Fsp3) is 0.450. The topological polar surface area (TPSA) is 82.8 Å². The minimum atomic E-state index is -0.161. The van der Waals surface area contributed by atoms with Gasteiger partial charge in [0.15, 0.2) is 4.34 Å². The van der Waals surface area contributed by atoms with Gasteiger partial charge in [-0.25, -0.2) is 0 Å². The van der Waals surface area contributed by atoms with E-state index >= 15 is 0 Å². The number of azo groups is 1. The Morgan fingerprint density at radius 3 is 2.83 bits per heavy atom. The van der Waals surface area contributed by atoms with Gasteiger partial charge in [-0.1, -0.05) is 36.1 Å². The number of amides is 1. The van der Waals surface area contributed by atoms with Gasteiger partial charge in [0.25, 0.3) is 5.13 Å². The van der Waals surface area contributed by atoms with E-state index in [1.807, 2.05) is 24.3 Å². The second-order valence-corrected chi connectivity index (χ2v) is 9.76. The molecule has 0 aliphatic heterocycles. The predicted octanol–water partition coefficient (Wildman–Crippen LogP) is 6.16. The molecule has 30 heavy (non-hydrogen) atoms. The van der Waals surface area contributed by atoms with Crippen LogP contribution >= 0.6 is 34.9 Å². The lowest BCUT2D eigenvalue weighted by Gasteiger charge is -2.30. The Morgan fingerprint density at radius 2 is 2.17 bits per heavy atom. The highest BCUT2D eigenvalue weighted by atomic mass is 32.2. The fourth-order valence-corrected chi connectivity index (χ4v) is 4.97. The van der Waals surface area contributed by atoms with Crippen molar-refractivity contribution in [3.63, 3.8) is 0 Å². The summed E-state index contributed by atoms with van der Waals surface area (Å²) in [6.45, 7) is 10.4. The summed E-state index contributed by atoms with van der Waals surface area (Å²) in [5.41, 5.74) is 2.18. The summed E-state index contributed by atoms with van der Waals surface area (Å²) in [6.07, 6.45) is 4.96. The first-order chi connectivity index (χ1) is 14.5. The molecule has 7 nitrogen and oxygen atoms in total. The predicted molar refractivity (Wildman–Crippen MR) is 131 cm³/mol. The molecule has 0 saturated carbocycles. The lowest BCUT2D eigenvalue weighted by Crippen LogP contribution is -2.32. The van der Waals surface area contributed by atoms with E-state index in [4.69, 9.17) is 0 Å². The Balaban J connectivity index is 2.25. The van der Waals surface area contributed by atoms with Crippen LogP contribution in [0.3, 0.4) is 0 Å². The number of benzene rings is 1. The standard InChI is InChI=1S/C20H28N6OS3/c1-6-10-26(14(3)7-2)16-8-9-17(18(13-16)21-15(4)27)22-23-19-24-25-20(30-19)29-12-11-28-5/h6,8-9,13-14H,1,7,10-12H2,2-5H3,(H,21,27). The summed E-state index contributed by atoms with van der Waals surface area (Å²) >= 11 is 4.87. The number of hydrogen-bond donors (Lipinski definition) is 1. The van der Waals surface area contributed by atoms with Gasteiger partial charge in [-0.05, 0) is 37.8 Å². The number of carbonyl (C=O) groups is 1. The first-order valence-electron chi connectivity index (χ1n) is 9.64. The molecule has 0 aliphatic carbocycles. The van der Waals surface area contributed by atoms with Crippen LogP contribution in [-0.4, -0.2) is 46.5 Å². The van der Waals surface area contributed by atoms with Gasteiger partial charge >= 0.3 is 0 Å². The van der Waals surface area contributed by atoms with Gasteiger partial charge in [-0.15, -0.1) is 27.0 Å². The summed E-state index contributed by atoms with van der Waals surface area (Å²) < 4.78 is 0.879. The van der Waals surface area contributed by atoms with Gasteiger partial charge in [0.1, 0.15) is 5.69 Å². The number of hydrogen-bond acceptors (Lipinski definition) is 9. The first-order valence-corrected chi connectivity index (χ1v) is 12.8. The maximum absolute atomic E-state index is 11.7. The van der Waals surface area contributed by atoms with Crippen molar-refractivity contribution in [2.75, 3.05) is 34.5 Å². The Labute approximate surface area is 190 Å². The van der Waals surface area contributed by atoms with Crippen LogP contribution < -0.4 is 10.2 Å². The quantitative estimate of drug-likeness (QED) is 0.175. The monoisotopic (exact) mass is 464 g/mol. The maximum atomic E-state index is 11.7. The number of rotatable bonds is 12. The van der Waals surface area contributed by atoms with E-state index in [0.717, 1.165) is 34.5 Å². The summed E-state index contributed by atoms with van der Waals surface area (Å²) in [7, 11) is 0. The summed E-state index contributed by atoms with van der Waals surface area (Å²) in [6, 6.07) is 6.11. The summed E-state index contributed by atoms with van der Waals surface area (Å²) in [5.74, 6) is 1.89. The van der Waals surface area contributed by atoms with Crippen molar-refractivity contribution in [2.24, 2.45) is 10.2 Å². The second-order valence-electron chi connectivity index (χ2n) is 6.47. The van der Waals surface area contributed by atoms with Gasteiger partial charge in [0.05, 0.1) is 5.69 Å². The van der Waals surface area contributed by atoms with Gasteiger partial charge in [0.2, 0.25) is 5.91 Å². The maximum Gasteiger partial charge on any atom is 0.252 e. The zero-order valence-electron chi connectivity index (χ0n) is 17.8. The molecule has 1 aromatic carbocycles. The molecule has 10 heteroatoms. The van der Waals surface area contributed by atoms with Gasteiger partial charge in [0, 0.05) is 36.7 Å². The Hall–Kier alpha value is -1.91. The second kappa shape index (κ2) is 12.7. The van der Waals surface area contributed by atoms with Gasteiger partial charge < -0.3 is 10.2 Å². The van der Waals surface area contributed by atoms with Gasteiger partial charge in [-0.3, -0.25) is 4.79 Å². The van der Waals surface area contributed by atoms with Crippen LogP contribution in [-0.2, 0) is 4.79 Å². The van der Waals surface area contributed by atoms with E-state index in [1.165, 1.54) is 18.3 Å². The van der Waals surface area contributed by atoms with E-state index in [-0.39, 0.29) is 5.91 Å². The minimum absolute atomic E-state index is 0.161. The summed E-state index contributed by atoms with van der Waals surface area (Å²) in [5, 5.41) is 20.1. The smallest absolute Gasteiger partial charge is 0.252 e. The lowest BCUT2D eigenvalue weighted by atomic mass is 10.1. The summed E-state index contributed by atoms with van der Waals surface area (Å²) in [4.78, 5) is 14.0. The van der Waals surface area contributed by atoms with Crippen molar-refractivity contribution in [1.82, 2.24) is 10.2 Å². The van der Waals surface area contributed by atoms with E-state index in [1.54, 1.807) is 23.5 Å². The normalized spacial score (nSPS) is 12.1. The molecule has 0 saturated heterocycles. The van der Waals surface area contributed by atoms with E-state index in [2.05, 4.69) is 57.3 Å². The Morgan fingerprint density at radius 1 is 1.37 bits per heavy atom. The van der Waals surface area contributed by atoms with Crippen LogP contribution in [0, 0.1) is 0 Å². The molecule has 1 amide bonds. The average molecular weight is 465 g/mol. The van der Waals surface area contributed by atoms with E-state index in [9.17, 15) is 4.79 Å². The molecule has 2 aromatic rings. The molecular formula is C20H28N6OS3. The zero-order valence-corrected chi connectivity index (χ0v) is 20.2. The lowest BCUT2D eigenvalue weighted by molar-refractivity contribution is -0.114. The molecule has 0 radical (unpaired) electrons. The molecule has 1 unspecified atom stereocenters. The number of thioether (sulfide) groups is 2. The molecule has 1 aromatic heterocycles. The number of anilines is 2. The fourth-order valence-electron chi connectivity index (χ4n) is 2.59. The third-order valence-electron chi connectivity index (χ3n) is 4.22. The van der Waals surface area contributed by atoms with Crippen LogP contribution in [0.2, 0.25) is 0 Å². The molecule has 2 rings (SSSR count). The number of carbonyl (C=O) groups excluding carboxylic acids is 1. The largest absolute Gasteiger partial charge is 0.365 e. The Kier molecular flexibility index (Phi) is 10.3. The third kappa shape index (κ3) is 7.41. The average Bonchev–Trinajstić information content (AvgIpc) is 3.18. The van der Waals surface area contributed by atoms with Crippen LogP contribution in [0.15, 0.2) is 45.4 Å². The van der Waals surface area contributed by atoms with E-state index in [0.29, 0.717) is 22.5 Å². The highest BCUT2D eigenvalue weighted by Crippen LogP contribution is 2.34.